The minimum absolute atomic E-state index is 0.0800. The molecule has 13 heavy (non-hydrogen) atoms. The Balaban J connectivity index is 3.23. The molecule has 0 fully saturated rings. The molecule has 0 saturated carbocycles. The van der Waals surface area contributed by atoms with Gasteiger partial charge < -0.3 is 5.11 Å². The van der Waals surface area contributed by atoms with Crippen molar-refractivity contribution in [1.82, 2.24) is 5.43 Å². The van der Waals surface area contributed by atoms with Gasteiger partial charge in [0.1, 0.15) is 5.75 Å². The molecule has 0 atom stereocenters. The van der Waals surface area contributed by atoms with E-state index in [0.29, 0.717) is 0 Å². The highest BCUT2D eigenvalue weighted by Crippen LogP contribution is 2.25. The maximum atomic E-state index is 11.1. The first-order valence-electron chi connectivity index (χ1n) is 3.56. The van der Waals surface area contributed by atoms with Crippen molar-refractivity contribution in [2.75, 3.05) is 0 Å². The molecule has 70 valence electrons. The maximum Gasteiger partial charge on any atom is 0.268 e. The van der Waals surface area contributed by atoms with Crippen LogP contribution < -0.4 is 11.3 Å². The van der Waals surface area contributed by atoms with Gasteiger partial charge >= 0.3 is 0 Å². The molecule has 1 amide bonds. The zero-order valence-electron chi connectivity index (χ0n) is 6.97. The number of hydrazine groups is 1. The fourth-order valence-electron chi connectivity index (χ4n) is 0.926. The Bertz CT molecular complexity index is 352. The third-order valence-corrected chi connectivity index (χ3v) is 2.51. The van der Waals surface area contributed by atoms with Crippen molar-refractivity contribution < 1.29 is 9.90 Å². The highest BCUT2D eigenvalue weighted by molar-refractivity contribution is 9.10. The number of aromatic hydroxyl groups is 1. The van der Waals surface area contributed by atoms with E-state index < -0.39 is 5.91 Å². The SMILES string of the molecule is Cc1cc(O)c(C(=O)NN)cc1Br. The molecule has 1 aromatic carbocycles. The fraction of sp³-hybridized carbons (Fsp3) is 0.125. The number of nitrogen functional groups attached to an aromatic ring is 1. The molecule has 0 spiro atoms. The van der Waals surface area contributed by atoms with Gasteiger partial charge in [0.15, 0.2) is 0 Å². The highest BCUT2D eigenvalue weighted by atomic mass is 79.9. The fourth-order valence-corrected chi connectivity index (χ4v) is 1.27. The van der Waals surface area contributed by atoms with Gasteiger partial charge in [0.25, 0.3) is 5.91 Å². The van der Waals surface area contributed by atoms with E-state index in [-0.39, 0.29) is 11.3 Å². The molecular weight excluding hydrogens is 236 g/mol. The zero-order chi connectivity index (χ0) is 10.0. The largest absolute Gasteiger partial charge is 0.507 e. The minimum atomic E-state index is -0.516. The Morgan fingerprint density at radius 3 is 2.77 bits per heavy atom. The highest BCUT2D eigenvalue weighted by Gasteiger charge is 2.11. The Morgan fingerprint density at radius 2 is 2.23 bits per heavy atom. The summed E-state index contributed by atoms with van der Waals surface area (Å²) in [4.78, 5) is 11.1. The molecule has 0 radical (unpaired) electrons. The van der Waals surface area contributed by atoms with Gasteiger partial charge in [-0.15, -0.1) is 0 Å². The van der Waals surface area contributed by atoms with E-state index in [4.69, 9.17) is 5.84 Å². The van der Waals surface area contributed by atoms with Crippen molar-refractivity contribution in [3.63, 3.8) is 0 Å². The molecular formula is C8H9BrN2O2. The molecule has 5 heteroatoms. The third-order valence-electron chi connectivity index (χ3n) is 1.65. The molecule has 1 aromatic rings. The molecule has 4 N–H and O–H groups in total. The summed E-state index contributed by atoms with van der Waals surface area (Å²) in [5, 5.41) is 9.38. The van der Waals surface area contributed by atoms with Crippen LogP contribution in [0.1, 0.15) is 15.9 Å². The molecule has 0 aliphatic carbocycles. The lowest BCUT2D eigenvalue weighted by molar-refractivity contribution is 0.0951. The number of carbonyl (C=O) groups excluding carboxylic acids is 1. The van der Waals surface area contributed by atoms with Gasteiger partial charge in [0.05, 0.1) is 5.56 Å². The molecule has 0 unspecified atom stereocenters. The number of hydrogen-bond acceptors (Lipinski definition) is 3. The maximum absolute atomic E-state index is 11.1. The number of nitrogens with one attached hydrogen (secondary N) is 1. The van der Waals surface area contributed by atoms with E-state index in [2.05, 4.69) is 15.9 Å². The van der Waals surface area contributed by atoms with E-state index in [1.54, 1.807) is 0 Å². The van der Waals surface area contributed by atoms with Crippen molar-refractivity contribution in [2.24, 2.45) is 5.84 Å². The lowest BCUT2D eigenvalue weighted by Crippen LogP contribution is -2.30. The summed E-state index contributed by atoms with van der Waals surface area (Å²) in [6.45, 7) is 1.81. The van der Waals surface area contributed by atoms with E-state index in [0.717, 1.165) is 10.0 Å². The van der Waals surface area contributed by atoms with Gasteiger partial charge in [0.2, 0.25) is 0 Å². The first-order chi connectivity index (χ1) is 6.06. The molecule has 0 saturated heterocycles. The molecule has 0 aromatic heterocycles. The number of hydrogen-bond donors (Lipinski definition) is 3. The zero-order valence-corrected chi connectivity index (χ0v) is 8.55. The van der Waals surface area contributed by atoms with E-state index >= 15 is 0 Å². The second kappa shape index (κ2) is 3.76. The number of phenolic OH excluding ortho intramolecular Hbond substituents is 1. The van der Waals surface area contributed by atoms with Crippen molar-refractivity contribution in [3.05, 3.63) is 27.7 Å². The van der Waals surface area contributed by atoms with Gasteiger partial charge in [-0.3, -0.25) is 10.2 Å². The lowest BCUT2D eigenvalue weighted by atomic mass is 10.1. The Morgan fingerprint density at radius 1 is 1.62 bits per heavy atom. The van der Waals surface area contributed by atoms with Crippen molar-refractivity contribution in [3.8, 4) is 5.75 Å². The van der Waals surface area contributed by atoms with Crippen LogP contribution >= 0.6 is 15.9 Å². The summed E-state index contributed by atoms with van der Waals surface area (Å²) < 4.78 is 0.754. The predicted octanol–water partition coefficient (Wildman–Crippen LogP) is 1.07. The summed E-state index contributed by atoms with van der Waals surface area (Å²) in [5.41, 5.74) is 2.95. The molecule has 0 aliphatic rings. The Labute approximate surface area is 83.8 Å². The summed E-state index contributed by atoms with van der Waals surface area (Å²) in [5.74, 6) is 4.34. The monoisotopic (exact) mass is 244 g/mol. The summed E-state index contributed by atoms with van der Waals surface area (Å²) in [6.07, 6.45) is 0. The minimum Gasteiger partial charge on any atom is -0.507 e. The predicted molar refractivity (Wildman–Crippen MR) is 52.2 cm³/mol. The van der Waals surface area contributed by atoms with E-state index in [1.807, 2.05) is 12.3 Å². The van der Waals surface area contributed by atoms with Crippen LogP contribution in [-0.4, -0.2) is 11.0 Å². The second-order valence-corrected chi connectivity index (χ2v) is 3.45. The topological polar surface area (TPSA) is 75.3 Å². The standard InChI is InChI=1S/C8H9BrN2O2/c1-4-2-7(12)5(3-6(4)9)8(13)11-10/h2-3,12H,10H2,1H3,(H,11,13). The Kier molecular flexibility index (Phi) is 2.90. The molecule has 0 bridgehead atoms. The van der Waals surface area contributed by atoms with Crippen molar-refractivity contribution in [2.45, 2.75) is 6.92 Å². The van der Waals surface area contributed by atoms with E-state index in [1.165, 1.54) is 12.1 Å². The summed E-state index contributed by atoms with van der Waals surface area (Å²) in [6, 6.07) is 3.02. The smallest absolute Gasteiger partial charge is 0.268 e. The number of phenols is 1. The quantitative estimate of drug-likeness (QED) is 0.393. The first-order valence-corrected chi connectivity index (χ1v) is 4.35. The van der Waals surface area contributed by atoms with Crippen LogP contribution in [0.2, 0.25) is 0 Å². The second-order valence-electron chi connectivity index (χ2n) is 2.59. The summed E-state index contributed by atoms with van der Waals surface area (Å²) in [7, 11) is 0. The van der Waals surface area contributed by atoms with Gasteiger partial charge in [0, 0.05) is 4.47 Å². The number of halogens is 1. The third kappa shape index (κ3) is 1.99. The molecule has 0 heterocycles. The van der Waals surface area contributed by atoms with Crippen molar-refractivity contribution >= 4 is 21.8 Å². The van der Waals surface area contributed by atoms with Crippen LogP contribution in [0, 0.1) is 6.92 Å². The van der Waals surface area contributed by atoms with Gasteiger partial charge in [-0.1, -0.05) is 15.9 Å². The molecule has 0 aliphatic heterocycles. The van der Waals surface area contributed by atoms with Crippen LogP contribution in [0.25, 0.3) is 0 Å². The first kappa shape index (κ1) is 10.0. The average molecular weight is 245 g/mol. The van der Waals surface area contributed by atoms with Crippen LogP contribution in [0.15, 0.2) is 16.6 Å². The molecule has 4 nitrogen and oxygen atoms in total. The van der Waals surface area contributed by atoms with Crippen LogP contribution in [-0.2, 0) is 0 Å². The van der Waals surface area contributed by atoms with Crippen LogP contribution in [0.3, 0.4) is 0 Å². The lowest BCUT2D eigenvalue weighted by Gasteiger charge is -2.05. The molecule has 1 rings (SSSR count). The van der Waals surface area contributed by atoms with Gasteiger partial charge in [-0.05, 0) is 24.6 Å². The number of benzene rings is 1. The van der Waals surface area contributed by atoms with Gasteiger partial charge in [-0.2, -0.15) is 0 Å². The summed E-state index contributed by atoms with van der Waals surface area (Å²) >= 11 is 3.25. The van der Waals surface area contributed by atoms with Crippen LogP contribution in [0.4, 0.5) is 0 Å². The van der Waals surface area contributed by atoms with E-state index in [9.17, 15) is 9.90 Å². The number of nitrogens with two attached hydrogens (primary N) is 1. The number of rotatable bonds is 1. The van der Waals surface area contributed by atoms with Gasteiger partial charge in [-0.25, -0.2) is 5.84 Å². The van der Waals surface area contributed by atoms with Crippen molar-refractivity contribution in [1.29, 1.82) is 0 Å². The Hall–Kier alpha value is -1.07. The number of amides is 1. The number of aryl methyl sites for hydroxylation is 1. The number of carbonyl (C=O) groups is 1. The average Bonchev–Trinajstić information content (AvgIpc) is 2.10. The normalized spacial score (nSPS) is 9.77. The van der Waals surface area contributed by atoms with Crippen LogP contribution in [0.5, 0.6) is 5.75 Å².